The number of thiophene rings is 1. The van der Waals surface area contributed by atoms with E-state index in [2.05, 4.69) is 4.74 Å². The minimum Gasteiger partial charge on any atom is -0.429 e. The second-order valence-electron chi connectivity index (χ2n) is 6.44. The summed E-state index contributed by atoms with van der Waals surface area (Å²) in [6.07, 6.45) is -9.93. The van der Waals surface area contributed by atoms with Crippen molar-refractivity contribution < 1.29 is 48.6 Å². The molecule has 0 aliphatic rings. The number of halogens is 10. The Kier molecular flexibility index (Phi) is 6.20. The average molecular weight is 488 g/mol. The number of benzene rings is 2. The molecule has 0 saturated heterocycles. The molecule has 0 bridgehead atoms. The molecule has 0 amide bonds. The molecule has 0 aliphatic carbocycles. The highest BCUT2D eigenvalue weighted by Gasteiger charge is 2.43. The van der Waals surface area contributed by atoms with Crippen LogP contribution in [0.1, 0.15) is 22.9 Å². The van der Waals surface area contributed by atoms with Gasteiger partial charge in [0.2, 0.25) is 0 Å². The summed E-state index contributed by atoms with van der Waals surface area (Å²) in [7, 11) is 0. The maximum atomic E-state index is 14.4. The molecule has 1 aromatic heterocycles. The molecule has 3 rings (SSSR count). The van der Waals surface area contributed by atoms with Crippen molar-refractivity contribution in [3.8, 4) is 16.2 Å². The molecule has 12 heteroatoms. The quantitative estimate of drug-likeness (QED) is 0.333. The van der Waals surface area contributed by atoms with E-state index in [0.717, 1.165) is 17.4 Å². The highest BCUT2D eigenvalue weighted by molar-refractivity contribution is 7.15. The Morgan fingerprint density at radius 3 is 1.66 bits per heavy atom. The van der Waals surface area contributed by atoms with Crippen LogP contribution in [-0.2, 0) is 18.7 Å². The van der Waals surface area contributed by atoms with Gasteiger partial charge in [0.05, 0.1) is 4.88 Å². The molecular weight excluding hydrogens is 478 g/mol. The van der Waals surface area contributed by atoms with Crippen molar-refractivity contribution in [2.24, 2.45) is 0 Å². The molecule has 32 heavy (non-hydrogen) atoms. The SMILES string of the molecule is CCc1cc(F)c(-c2cc(F)c(C(F)(F)Oc3cc(F)c(C(F)(F)F)c(F)c3)c(F)c2)s1. The lowest BCUT2D eigenvalue weighted by molar-refractivity contribution is -0.189. The number of hydrogen-bond donors (Lipinski definition) is 0. The molecule has 0 N–H and O–H groups in total. The van der Waals surface area contributed by atoms with Gasteiger partial charge in [-0.3, -0.25) is 0 Å². The largest absolute Gasteiger partial charge is 0.432 e. The molecule has 0 radical (unpaired) electrons. The van der Waals surface area contributed by atoms with E-state index in [-0.39, 0.29) is 22.6 Å². The van der Waals surface area contributed by atoms with E-state index in [1.807, 2.05) is 0 Å². The third-order valence-electron chi connectivity index (χ3n) is 4.23. The molecule has 0 aliphatic heterocycles. The van der Waals surface area contributed by atoms with Crippen molar-refractivity contribution in [3.05, 3.63) is 75.4 Å². The first-order valence-corrected chi connectivity index (χ1v) is 9.47. The number of ether oxygens (including phenoxy) is 1. The third kappa shape index (κ3) is 4.54. The predicted octanol–water partition coefficient (Wildman–Crippen LogP) is 7.82. The fourth-order valence-electron chi connectivity index (χ4n) is 2.85. The number of aryl methyl sites for hydroxylation is 1. The van der Waals surface area contributed by atoms with Crippen molar-refractivity contribution in [3.63, 3.8) is 0 Å². The lowest BCUT2D eigenvalue weighted by Gasteiger charge is -2.20. The highest BCUT2D eigenvalue weighted by atomic mass is 32.1. The summed E-state index contributed by atoms with van der Waals surface area (Å²) < 4.78 is 140. The fourth-order valence-corrected chi connectivity index (χ4v) is 3.81. The van der Waals surface area contributed by atoms with Crippen molar-refractivity contribution in [1.29, 1.82) is 0 Å². The first-order chi connectivity index (χ1) is 14.7. The molecule has 172 valence electrons. The topological polar surface area (TPSA) is 9.23 Å². The van der Waals surface area contributed by atoms with Gasteiger partial charge in [0, 0.05) is 22.6 Å². The van der Waals surface area contributed by atoms with Crippen LogP contribution in [0.5, 0.6) is 5.75 Å². The lowest BCUT2D eigenvalue weighted by Crippen LogP contribution is -2.25. The summed E-state index contributed by atoms with van der Waals surface area (Å²) in [5.74, 6) is -10.5. The smallest absolute Gasteiger partial charge is 0.429 e. The second-order valence-corrected chi connectivity index (χ2v) is 7.57. The van der Waals surface area contributed by atoms with Crippen molar-refractivity contribution >= 4 is 11.3 Å². The first-order valence-electron chi connectivity index (χ1n) is 8.65. The molecule has 0 saturated carbocycles. The van der Waals surface area contributed by atoms with E-state index in [4.69, 9.17) is 0 Å². The molecule has 1 heterocycles. The second kappa shape index (κ2) is 8.30. The monoisotopic (exact) mass is 488 g/mol. The standard InChI is InChI=1S/C20H10F10OS/c1-2-10-7-15(25)18(32-10)8-3-11(21)17(12(22)4-8)20(29,30)31-9-5-13(23)16(14(24)6-9)19(26,27)28/h3-7H,2H2,1H3. The van der Waals surface area contributed by atoms with Crippen molar-refractivity contribution in [2.75, 3.05) is 0 Å². The van der Waals surface area contributed by atoms with E-state index in [0.29, 0.717) is 23.4 Å². The first kappa shape index (κ1) is 23.9. The van der Waals surface area contributed by atoms with E-state index in [1.165, 1.54) is 0 Å². The lowest BCUT2D eigenvalue weighted by atomic mass is 10.1. The van der Waals surface area contributed by atoms with Crippen LogP contribution in [0, 0.1) is 29.1 Å². The summed E-state index contributed by atoms with van der Waals surface area (Å²) in [6, 6.07) is 1.56. The minimum absolute atomic E-state index is 0.197. The molecule has 2 aromatic carbocycles. The van der Waals surface area contributed by atoms with Gasteiger partial charge >= 0.3 is 12.3 Å². The van der Waals surface area contributed by atoms with E-state index >= 15 is 0 Å². The molecule has 3 aromatic rings. The van der Waals surface area contributed by atoms with Gasteiger partial charge in [-0.1, -0.05) is 6.92 Å². The van der Waals surface area contributed by atoms with Crippen LogP contribution < -0.4 is 4.74 Å². The Bertz CT molecular complexity index is 1120. The highest BCUT2D eigenvalue weighted by Crippen LogP contribution is 2.41. The zero-order valence-electron chi connectivity index (χ0n) is 15.7. The van der Waals surface area contributed by atoms with Crippen LogP contribution >= 0.6 is 11.3 Å². The average Bonchev–Trinajstić information content (AvgIpc) is 2.99. The van der Waals surface area contributed by atoms with Crippen molar-refractivity contribution in [2.45, 2.75) is 25.6 Å². The number of hydrogen-bond acceptors (Lipinski definition) is 2. The Morgan fingerprint density at radius 1 is 0.719 bits per heavy atom. The Morgan fingerprint density at radius 2 is 1.22 bits per heavy atom. The van der Waals surface area contributed by atoms with Gasteiger partial charge in [-0.15, -0.1) is 11.3 Å². The Balaban J connectivity index is 1.99. The van der Waals surface area contributed by atoms with Gasteiger partial charge in [-0.25, -0.2) is 22.0 Å². The van der Waals surface area contributed by atoms with E-state index < -0.39 is 58.2 Å². The molecule has 0 unspecified atom stereocenters. The molecule has 0 fully saturated rings. The summed E-state index contributed by atoms with van der Waals surface area (Å²) >= 11 is 0.850. The van der Waals surface area contributed by atoms with Crippen LogP contribution in [0.3, 0.4) is 0 Å². The van der Waals surface area contributed by atoms with Crippen LogP contribution in [-0.4, -0.2) is 0 Å². The van der Waals surface area contributed by atoms with Gasteiger partial charge in [-0.2, -0.15) is 22.0 Å². The van der Waals surface area contributed by atoms with Gasteiger partial charge in [0.1, 0.15) is 46.0 Å². The normalized spacial score (nSPS) is 12.3. The third-order valence-corrected chi connectivity index (χ3v) is 5.53. The summed E-state index contributed by atoms with van der Waals surface area (Å²) in [6.45, 7) is 1.70. The number of rotatable bonds is 5. The van der Waals surface area contributed by atoms with Crippen LogP contribution in [0.4, 0.5) is 43.9 Å². The minimum atomic E-state index is -5.46. The summed E-state index contributed by atoms with van der Waals surface area (Å²) in [5.41, 5.74) is -4.71. The van der Waals surface area contributed by atoms with Gasteiger partial charge in [0.25, 0.3) is 0 Å². The molecule has 0 spiro atoms. The molecule has 0 atom stereocenters. The summed E-state index contributed by atoms with van der Waals surface area (Å²) in [4.78, 5) is 0.324. The van der Waals surface area contributed by atoms with Gasteiger partial charge in [-0.05, 0) is 24.6 Å². The molecular formula is C20H10F10OS. The van der Waals surface area contributed by atoms with Crippen molar-refractivity contribution in [1.82, 2.24) is 0 Å². The van der Waals surface area contributed by atoms with Gasteiger partial charge in [0.15, 0.2) is 0 Å². The molecule has 1 nitrogen and oxygen atoms in total. The van der Waals surface area contributed by atoms with Crippen LogP contribution in [0.15, 0.2) is 30.3 Å². The summed E-state index contributed by atoms with van der Waals surface area (Å²) in [5, 5.41) is 0. The van der Waals surface area contributed by atoms with E-state index in [1.54, 1.807) is 6.92 Å². The Labute approximate surface area is 177 Å². The predicted molar refractivity (Wildman–Crippen MR) is 94.9 cm³/mol. The fraction of sp³-hybridized carbons (Fsp3) is 0.200. The van der Waals surface area contributed by atoms with Crippen LogP contribution in [0.25, 0.3) is 10.4 Å². The van der Waals surface area contributed by atoms with E-state index in [9.17, 15) is 43.9 Å². The van der Waals surface area contributed by atoms with Gasteiger partial charge < -0.3 is 4.74 Å². The maximum absolute atomic E-state index is 14.4. The maximum Gasteiger partial charge on any atom is 0.432 e. The zero-order chi connectivity index (χ0) is 24.0. The van der Waals surface area contributed by atoms with Crippen LogP contribution in [0.2, 0.25) is 0 Å². The Hall–Kier alpha value is -2.76. The number of alkyl halides is 5. The zero-order valence-corrected chi connectivity index (χ0v) is 16.5.